The molecule has 1 atom stereocenters. The molecule has 2 aromatic rings. The largest absolute Gasteiger partial charge is 0.494 e. The molecule has 1 amide bonds. The van der Waals surface area contributed by atoms with E-state index in [4.69, 9.17) is 9.84 Å². The minimum absolute atomic E-state index is 0.125. The van der Waals surface area contributed by atoms with E-state index in [1.165, 1.54) is 0 Å². The van der Waals surface area contributed by atoms with Gasteiger partial charge in [0.25, 0.3) is 5.91 Å². The first-order chi connectivity index (χ1) is 11.5. The summed E-state index contributed by atoms with van der Waals surface area (Å²) >= 11 is 0. The number of aromatic nitrogens is 2. The van der Waals surface area contributed by atoms with E-state index in [1.807, 2.05) is 19.1 Å². The summed E-state index contributed by atoms with van der Waals surface area (Å²) in [5, 5.41) is 14.9. The molecule has 0 spiro atoms. The zero-order valence-corrected chi connectivity index (χ0v) is 13.0. The molecule has 0 radical (unpaired) electrons. The van der Waals surface area contributed by atoms with Crippen molar-refractivity contribution >= 4 is 34.7 Å². The number of fused-ring (bicyclic) bond motifs is 1. The fourth-order valence-corrected chi connectivity index (χ4v) is 2.42. The number of benzene rings is 1. The molecular formula is C15H15N5O4. The number of carboxylic acids is 1. The van der Waals surface area contributed by atoms with Gasteiger partial charge < -0.3 is 9.84 Å². The Morgan fingerprint density at radius 3 is 2.92 bits per heavy atom. The number of methoxy groups -OCH3 is 1. The minimum atomic E-state index is -1.09. The molecule has 2 heterocycles. The van der Waals surface area contributed by atoms with Crippen LogP contribution in [0.2, 0.25) is 0 Å². The van der Waals surface area contributed by atoms with Crippen molar-refractivity contribution < 1.29 is 19.4 Å². The van der Waals surface area contributed by atoms with Crippen LogP contribution in [0.1, 0.15) is 12.1 Å². The molecule has 1 aliphatic rings. The summed E-state index contributed by atoms with van der Waals surface area (Å²) < 4.78 is 5.30. The Morgan fingerprint density at radius 2 is 2.21 bits per heavy atom. The molecular weight excluding hydrogens is 314 g/mol. The number of aryl methyl sites for hydroxylation is 1. The fourth-order valence-electron chi connectivity index (χ4n) is 2.42. The molecule has 0 saturated carbocycles. The monoisotopic (exact) mass is 329 g/mol. The van der Waals surface area contributed by atoms with Crippen molar-refractivity contribution in [2.75, 3.05) is 12.4 Å². The average molecular weight is 329 g/mol. The maximum atomic E-state index is 11.7. The Labute approximate surface area is 136 Å². The van der Waals surface area contributed by atoms with Crippen LogP contribution in [0.25, 0.3) is 10.9 Å². The third-order valence-electron chi connectivity index (χ3n) is 3.53. The number of guanidine groups is 1. The maximum absolute atomic E-state index is 11.7. The summed E-state index contributed by atoms with van der Waals surface area (Å²) in [5.41, 5.74) is 1.36. The van der Waals surface area contributed by atoms with Gasteiger partial charge in [0.05, 0.1) is 19.2 Å². The van der Waals surface area contributed by atoms with E-state index in [0.29, 0.717) is 11.3 Å². The van der Waals surface area contributed by atoms with Crippen molar-refractivity contribution in [1.82, 2.24) is 15.3 Å². The van der Waals surface area contributed by atoms with E-state index in [9.17, 15) is 9.59 Å². The number of para-hydroxylation sites is 1. The maximum Gasteiger partial charge on any atom is 0.306 e. The van der Waals surface area contributed by atoms with Crippen molar-refractivity contribution in [3.05, 3.63) is 23.9 Å². The zero-order valence-electron chi connectivity index (χ0n) is 13.0. The highest BCUT2D eigenvalue weighted by Crippen LogP contribution is 2.26. The summed E-state index contributed by atoms with van der Waals surface area (Å²) in [6.07, 6.45) is -0.373. The summed E-state index contributed by atoms with van der Waals surface area (Å²) in [6.45, 7) is 1.83. The Kier molecular flexibility index (Phi) is 3.98. The van der Waals surface area contributed by atoms with E-state index >= 15 is 0 Å². The highest BCUT2D eigenvalue weighted by molar-refractivity contribution is 6.10. The van der Waals surface area contributed by atoms with Crippen molar-refractivity contribution in [2.24, 2.45) is 4.99 Å². The molecule has 0 unspecified atom stereocenters. The third kappa shape index (κ3) is 2.96. The molecule has 124 valence electrons. The molecule has 3 N–H and O–H groups in total. The van der Waals surface area contributed by atoms with Gasteiger partial charge in [-0.15, -0.1) is 0 Å². The second-order valence-electron chi connectivity index (χ2n) is 5.19. The topological polar surface area (TPSA) is 126 Å². The van der Waals surface area contributed by atoms with Gasteiger partial charge in [-0.2, -0.15) is 0 Å². The van der Waals surface area contributed by atoms with Crippen LogP contribution < -0.4 is 15.4 Å². The first kappa shape index (κ1) is 15.7. The summed E-state index contributed by atoms with van der Waals surface area (Å²) in [7, 11) is 1.55. The van der Waals surface area contributed by atoms with Crippen LogP contribution in [0.15, 0.2) is 23.2 Å². The van der Waals surface area contributed by atoms with E-state index in [1.54, 1.807) is 13.2 Å². The normalized spacial score (nSPS) is 16.7. The van der Waals surface area contributed by atoms with Gasteiger partial charge in [0, 0.05) is 5.39 Å². The van der Waals surface area contributed by atoms with E-state index < -0.39 is 17.9 Å². The van der Waals surface area contributed by atoms with E-state index in [0.717, 1.165) is 11.1 Å². The molecule has 0 fully saturated rings. The van der Waals surface area contributed by atoms with Gasteiger partial charge >= 0.3 is 5.97 Å². The molecule has 1 aromatic carbocycles. The summed E-state index contributed by atoms with van der Waals surface area (Å²) in [6, 6.07) is 4.56. The van der Waals surface area contributed by atoms with Crippen LogP contribution >= 0.6 is 0 Å². The number of rotatable bonds is 4. The predicted octanol–water partition coefficient (Wildman–Crippen LogP) is 0.688. The molecule has 1 aromatic heterocycles. The van der Waals surface area contributed by atoms with Crippen molar-refractivity contribution in [2.45, 2.75) is 19.4 Å². The third-order valence-corrected chi connectivity index (χ3v) is 3.53. The number of nitrogens with zero attached hydrogens (tertiary/aromatic N) is 3. The fraction of sp³-hybridized carbons (Fsp3) is 0.267. The Hall–Kier alpha value is -3.23. The summed E-state index contributed by atoms with van der Waals surface area (Å²) in [5.74, 6) is -0.612. The molecule has 0 saturated heterocycles. The number of carboxylic acid groups (broad SMARTS) is 1. The number of hydrogen-bond acceptors (Lipinski definition) is 7. The van der Waals surface area contributed by atoms with Crippen LogP contribution in [-0.2, 0) is 9.59 Å². The molecule has 3 rings (SSSR count). The molecule has 24 heavy (non-hydrogen) atoms. The first-order valence-electron chi connectivity index (χ1n) is 7.16. The first-order valence-corrected chi connectivity index (χ1v) is 7.16. The van der Waals surface area contributed by atoms with E-state index in [2.05, 4.69) is 25.6 Å². The average Bonchev–Trinajstić information content (AvgIpc) is 2.85. The van der Waals surface area contributed by atoms with Gasteiger partial charge in [0.2, 0.25) is 11.9 Å². The van der Waals surface area contributed by atoms with Gasteiger partial charge in [-0.3, -0.25) is 20.2 Å². The van der Waals surface area contributed by atoms with Gasteiger partial charge in [0.1, 0.15) is 17.3 Å². The highest BCUT2D eigenvalue weighted by Gasteiger charge is 2.28. The predicted molar refractivity (Wildman–Crippen MR) is 86.1 cm³/mol. The number of carbonyl (C=O) groups excluding carboxylic acids is 1. The molecule has 9 nitrogen and oxygen atoms in total. The van der Waals surface area contributed by atoms with Gasteiger partial charge in [0.15, 0.2) is 0 Å². The lowest BCUT2D eigenvalue weighted by molar-refractivity contribution is -0.139. The number of aliphatic carboxylic acids is 1. The minimum Gasteiger partial charge on any atom is -0.494 e. The lowest BCUT2D eigenvalue weighted by Gasteiger charge is -2.09. The smallest absolute Gasteiger partial charge is 0.306 e. The standard InChI is InChI=1S/C15H15N5O4/c1-7-8-4-3-5-10(24-2)12(8)18-14(16-7)20-15-17-9(6-11(21)22)13(23)19-15/h3-5,9H,6H2,1-2H3,(H,21,22)(H2,16,17,18,19,20,23)/t9-/m1/s1. The number of ether oxygens (including phenoxy) is 1. The number of nitrogens with one attached hydrogen (secondary N) is 2. The number of hydrogen-bond donors (Lipinski definition) is 3. The Balaban J connectivity index is 1.91. The number of anilines is 1. The van der Waals surface area contributed by atoms with Crippen molar-refractivity contribution in [1.29, 1.82) is 0 Å². The van der Waals surface area contributed by atoms with Gasteiger partial charge in [-0.1, -0.05) is 12.1 Å². The number of aliphatic imine (C=N–C) groups is 1. The van der Waals surface area contributed by atoms with E-state index in [-0.39, 0.29) is 18.3 Å². The SMILES string of the molecule is COc1cccc2c(C)nc(NC3=N[C@H](CC(=O)O)C(=O)N3)nc12. The lowest BCUT2D eigenvalue weighted by atomic mass is 10.2. The van der Waals surface area contributed by atoms with Gasteiger partial charge in [-0.05, 0) is 13.0 Å². The van der Waals surface area contributed by atoms with Crippen LogP contribution in [0.4, 0.5) is 5.95 Å². The second-order valence-corrected chi connectivity index (χ2v) is 5.19. The van der Waals surface area contributed by atoms with Crippen LogP contribution in [-0.4, -0.2) is 46.1 Å². The number of amides is 1. The quantitative estimate of drug-likeness (QED) is 0.753. The molecule has 9 heteroatoms. The Bertz CT molecular complexity index is 864. The Morgan fingerprint density at radius 1 is 1.42 bits per heavy atom. The van der Waals surface area contributed by atoms with Crippen molar-refractivity contribution in [3.8, 4) is 5.75 Å². The lowest BCUT2D eigenvalue weighted by Crippen LogP contribution is -2.33. The van der Waals surface area contributed by atoms with Crippen LogP contribution in [0.3, 0.4) is 0 Å². The van der Waals surface area contributed by atoms with Gasteiger partial charge in [-0.25, -0.2) is 15.0 Å². The van der Waals surface area contributed by atoms with Crippen LogP contribution in [0.5, 0.6) is 5.75 Å². The highest BCUT2D eigenvalue weighted by atomic mass is 16.5. The molecule has 1 aliphatic heterocycles. The summed E-state index contributed by atoms with van der Waals surface area (Å²) in [4.78, 5) is 35.1. The molecule has 0 bridgehead atoms. The number of carbonyl (C=O) groups is 2. The van der Waals surface area contributed by atoms with Crippen molar-refractivity contribution in [3.63, 3.8) is 0 Å². The zero-order chi connectivity index (χ0) is 17.3. The second kappa shape index (κ2) is 6.11. The van der Waals surface area contributed by atoms with Crippen LogP contribution in [0, 0.1) is 6.92 Å². The molecule has 0 aliphatic carbocycles.